The van der Waals surface area contributed by atoms with Gasteiger partial charge < -0.3 is 11.1 Å². The maximum Gasteiger partial charge on any atom is 0.262 e. The molecule has 0 unspecified atom stereocenters. The highest BCUT2D eigenvalue weighted by molar-refractivity contribution is 6.30. The van der Waals surface area contributed by atoms with Gasteiger partial charge in [0.2, 0.25) is 0 Å². The molecule has 0 aliphatic rings. The van der Waals surface area contributed by atoms with E-state index in [0.717, 1.165) is 12.1 Å². The minimum atomic E-state index is -1.11. The van der Waals surface area contributed by atoms with E-state index in [9.17, 15) is 13.6 Å². The first-order valence-corrected chi connectivity index (χ1v) is 5.53. The lowest BCUT2D eigenvalue weighted by Crippen LogP contribution is -2.17. The minimum absolute atomic E-state index is 0.0822. The summed E-state index contributed by atoms with van der Waals surface area (Å²) >= 11 is 5.70. The Morgan fingerprint density at radius 3 is 2.74 bits per heavy atom. The highest BCUT2D eigenvalue weighted by atomic mass is 35.5. The van der Waals surface area contributed by atoms with Crippen LogP contribution in [-0.4, -0.2) is 10.9 Å². The standard InChI is InChI=1S/C12H8ClF2N3O/c13-6-3-4-17-9(5-6)18-12(19)10-7(14)1-2-8(16)11(10)15/h1-5H,16H2,(H,17,18,19). The van der Waals surface area contributed by atoms with E-state index in [-0.39, 0.29) is 11.5 Å². The van der Waals surface area contributed by atoms with Crippen LogP contribution in [0, 0.1) is 11.6 Å². The Hall–Kier alpha value is -2.21. The summed E-state index contributed by atoms with van der Waals surface area (Å²) in [4.78, 5) is 15.6. The Morgan fingerprint density at radius 1 is 1.32 bits per heavy atom. The molecule has 0 fully saturated rings. The summed E-state index contributed by atoms with van der Waals surface area (Å²) in [6.07, 6.45) is 1.35. The van der Waals surface area contributed by atoms with E-state index in [0.29, 0.717) is 5.02 Å². The Bertz CT molecular complexity index is 649. The van der Waals surface area contributed by atoms with Gasteiger partial charge in [-0.15, -0.1) is 0 Å². The number of rotatable bonds is 2. The van der Waals surface area contributed by atoms with E-state index in [4.69, 9.17) is 17.3 Å². The van der Waals surface area contributed by atoms with Gasteiger partial charge >= 0.3 is 0 Å². The average Bonchev–Trinajstić information content (AvgIpc) is 2.34. The van der Waals surface area contributed by atoms with E-state index in [2.05, 4.69) is 10.3 Å². The molecule has 19 heavy (non-hydrogen) atoms. The topological polar surface area (TPSA) is 68.0 Å². The van der Waals surface area contributed by atoms with Crippen LogP contribution in [0.2, 0.25) is 5.02 Å². The number of aromatic nitrogens is 1. The molecule has 3 N–H and O–H groups in total. The summed E-state index contributed by atoms with van der Waals surface area (Å²) in [6.45, 7) is 0. The SMILES string of the molecule is Nc1ccc(F)c(C(=O)Nc2cc(Cl)ccn2)c1F. The number of anilines is 2. The van der Waals surface area contributed by atoms with Gasteiger partial charge in [-0.1, -0.05) is 11.6 Å². The van der Waals surface area contributed by atoms with Gasteiger partial charge in [-0.05, 0) is 24.3 Å². The molecule has 0 aliphatic carbocycles. The van der Waals surface area contributed by atoms with Gasteiger partial charge in [0, 0.05) is 11.2 Å². The van der Waals surface area contributed by atoms with Gasteiger partial charge in [-0.3, -0.25) is 4.79 Å². The van der Waals surface area contributed by atoms with Crippen molar-refractivity contribution in [2.24, 2.45) is 0 Å². The zero-order valence-corrected chi connectivity index (χ0v) is 10.2. The Balaban J connectivity index is 2.33. The monoisotopic (exact) mass is 283 g/mol. The van der Waals surface area contributed by atoms with Crippen LogP contribution in [0.1, 0.15) is 10.4 Å². The number of amides is 1. The second-order valence-corrected chi connectivity index (χ2v) is 4.08. The maximum atomic E-state index is 13.6. The summed E-state index contributed by atoms with van der Waals surface area (Å²) in [6, 6.07) is 4.80. The first kappa shape index (κ1) is 13.2. The lowest BCUT2D eigenvalue weighted by molar-refractivity contribution is 0.101. The number of nitrogen functional groups attached to an aromatic ring is 1. The summed E-state index contributed by atoms with van der Waals surface area (Å²) in [5.74, 6) is -3.03. The molecule has 1 heterocycles. The first-order valence-electron chi connectivity index (χ1n) is 5.15. The van der Waals surface area contributed by atoms with Crippen LogP contribution in [0.25, 0.3) is 0 Å². The molecule has 1 aromatic heterocycles. The van der Waals surface area contributed by atoms with Crippen molar-refractivity contribution in [1.29, 1.82) is 0 Å². The molecule has 1 aromatic carbocycles. The van der Waals surface area contributed by atoms with Crippen LogP contribution in [0.4, 0.5) is 20.3 Å². The highest BCUT2D eigenvalue weighted by Crippen LogP contribution is 2.20. The number of halogens is 3. The van der Waals surface area contributed by atoms with Crippen LogP contribution >= 0.6 is 11.6 Å². The molecule has 0 radical (unpaired) electrons. The molecule has 0 bridgehead atoms. The Kier molecular flexibility index (Phi) is 3.62. The molecule has 2 aromatic rings. The van der Waals surface area contributed by atoms with Gasteiger partial charge in [-0.2, -0.15) is 0 Å². The number of carbonyl (C=O) groups excluding carboxylic acids is 1. The number of pyridine rings is 1. The van der Waals surface area contributed by atoms with Crippen molar-refractivity contribution in [2.45, 2.75) is 0 Å². The van der Waals surface area contributed by atoms with Crippen molar-refractivity contribution in [1.82, 2.24) is 4.98 Å². The van der Waals surface area contributed by atoms with Crippen molar-refractivity contribution in [2.75, 3.05) is 11.1 Å². The molecule has 0 saturated carbocycles. The third kappa shape index (κ3) is 2.79. The fraction of sp³-hybridized carbons (Fsp3) is 0. The van der Waals surface area contributed by atoms with Gasteiger partial charge in [-0.25, -0.2) is 13.8 Å². The van der Waals surface area contributed by atoms with Crippen molar-refractivity contribution in [3.05, 3.63) is 52.7 Å². The fourth-order valence-electron chi connectivity index (χ4n) is 1.43. The first-order chi connectivity index (χ1) is 8.99. The fourth-order valence-corrected chi connectivity index (χ4v) is 1.59. The van der Waals surface area contributed by atoms with Crippen molar-refractivity contribution >= 4 is 29.0 Å². The summed E-state index contributed by atoms with van der Waals surface area (Å²) in [5, 5.41) is 2.57. The number of nitrogens with two attached hydrogens (primary N) is 1. The number of hydrogen-bond donors (Lipinski definition) is 2. The van der Waals surface area contributed by atoms with Crippen LogP contribution in [0.15, 0.2) is 30.5 Å². The molecule has 98 valence electrons. The molecular formula is C12H8ClF2N3O. The quantitative estimate of drug-likeness (QED) is 0.833. The second-order valence-electron chi connectivity index (χ2n) is 3.64. The third-order valence-electron chi connectivity index (χ3n) is 2.31. The molecule has 0 atom stereocenters. The smallest absolute Gasteiger partial charge is 0.262 e. The average molecular weight is 284 g/mol. The predicted molar refractivity (Wildman–Crippen MR) is 68.0 cm³/mol. The summed E-state index contributed by atoms with van der Waals surface area (Å²) in [5.41, 5.74) is 4.21. The molecule has 0 saturated heterocycles. The van der Waals surface area contributed by atoms with E-state index in [1.165, 1.54) is 18.3 Å². The lowest BCUT2D eigenvalue weighted by atomic mass is 10.1. The van der Waals surface area contributed by atoms with E-state index < -0.39 is 23.1 Å². The summed E-state index contributed by atoms with van der Waals surface area (Å²) in [7, 11) is 0. The lowest BCUT2D eigenvalue weighted by Gasteiger charge is -2.08. The molecule has 1 amide bonds. The molecule has 0 spiro atoms. The van der Waals surface area contributed by atoms with Crippen LogP contribution in [0.5, 0.6) is 0 Å². The molecule has 7 heteroatoms. The highest BCUT2D eigenvalue weighted by Gasteiger charge is 2.20. The maximum absolute atomic E-state index is 13.6. The molecule has 4 nitrogen and oxygen atoms in total. The largest absolute Gasteiger partial charge is 0.396 e. The van der Waals surface area contributed by atoms with Gasteiger partial charge in [0.25, 0.3) is 5.91 Å². The van der Waals surface area contributed by atoms with E-state index in [1.54, 1.807) is 0 Å². The minimum Gasteiger partial charge on any atom is -0.396 e. The van der Waals surface area contributed by atoms with Crippen molar-refractivity contribution in [3.8, 4) is 0 Å². The number of nitrogens with zero attached hydrogens (tertiary/aromatic N) is 1. The van der Waals surface area contributed by atoms with Crippen LogP contribution in [0.3, 0.4) is 0 Å². The van der Waals surface area contributed by atoms with Crippen molar-refractivity contribution < 1.29 is 13.6 Å². The molecular weight excluding hydrogens is 276 g/mol. The summed E-state index contributed by atoms with van der Waals surface area (Å²) < 4.78 is 27.1. The normalized spacial score (nSPS) is 10.3. The number of hydrogen-bond acceptors (Lipinski definition) is 3. The predicted octanol–water partition coefficient (Wildman–Crippen LogP) is 2.85. The van der Waals surface area contributed by atoms with Crippen LogP contribution in [-0.2, 0) is 0 Å². The number of benzene rings is 1. The zero-order valence-electron chi connectivity index (χ0n) is 9.45. The van der Waals surface area contributed by atoms with Gasteiger partial charge in [0.1, 0.15) is 17.2 Å². The Morgan fingerprint density at radius 2 is 2.05 bits per heavy atom. The zero-order chi connectivity index (χ0) is 14.0. The van der Waals surface area contributed by atoms with E-state index >= 15 is 0 Å². The van der Waals surface area contributed by atoms with Crippen molar-refractivity contribution in [3.63, 3.8) is 0 Å². The van der Waals surface area contributed by atoms with Gasteiger partial charge in [0.15, 0.2) is 5.82 Å². The van der Waals surface area contributed by atoms with Gasteiger partial charge in [0.05, 0.1) is 5.69 Å². The van der Waals surface area contributed by atoms with Crippen LogP contribution < -0.4 is 11.1 Å². The number of carbonyl (C=O) groups is 1. The number of nitrogens with one attached hydrogen (secondary N) is 1. The molecule has 2 rings (SSSR count). The van der Waals surface area contributed by atoms with E-state index in [1.807, 2.05) is 0 Å². The molecule has 0 aliphatic heterocycles. The Labute approximate surface area is 112 Å². The second kappa shape index (κ2) is 5.19. The third-order valence-corrected chi connectivity index (χ3v) is 2.55.